The number of aromatic nitrogens is 1. The Morgan fingerprint density at radius 3 is 2.87 bits per heavy atom. The van der Waals surface area contributed by atoms with Crippen LogP contribution >= 0.6 is 0 Å². The predicted octanol–water partition coefficient (Wildman–Crippen LogP) is 4.02. The van der Waals surface area contributed by atoms with Crippen molar-refractivity contribution in [1.82, 2.24) is 9.88 Å². The molecule has 1 aromatic carbocycles. The summed E-state index contributed by atoms with van der Waals surface area (Å²) in [5.74, 6) is 1.50. The second-order valence-electron chi connectivity index (χ2n) is 7.64. The number of nitrogens with zero attached hydrogens (tertiary/aromatic N) is 3. The van der Waals surface area contributed by atoms with Gasteiger partial charge in [0, 0.05) is 29.7 Å². The molecule has 1 saturated heterocycles. The number of ether oxygens (including phenoxy) is 1. The van der Waals surface area contributed by atoms with Crippen LogP contribution < -0.4 is 4.74 Å². The lowest BCUT2D eigenvalue weighted by molar-refractivity contribution is -0.136. The van der Waals surface area contributed by atoms with Crippen LogP contribution in [0.2, 0.25) is 0 Å². The van der Waals surface area contributed by atoms with Gasteiger partial charge in [-0.15, -0.1) is 0 Å². The monoisotopic (exact) mass is 309 g/mol. The third-order valence-electron chi connectivity index (χ3n) is 5.37. The van der Waals surface area contributed by atoms with Gasteiger partial charge in [0.25, 0.3) is 0 Å². The molecule has 23 heavy (non-hydrogen) atoms. The number of hydrogen-bond donors (Lipinski definition) is 0. The predicted molar refractivity (Wildman–Crippen MR) is 93.4 cm³/mol. The molecule has 1 fully saturated rings. The molecule has 1 spiro atoms. The number of hydrogen-bond acceptors (Lipinski definition) is 4. The lowest BCUT2D eigenvalue weighted by atomic mass is 9.70. The van der Waals surface area contributed by atoms with E-state index >= 15 is 0 Å². The van der Waals surface area contributed by atoms with Gasteiger partial charge in [-0.25, -0.2) is 0 Å². The van der Waals surface area contributed by atoms with E-state index in [2.05, 4.69) is 43.8 Å². The molecule has 1 aromatic heterocycles. The molecule has 0 amide bonds. The average Bonchev–Trinajstić information content (AvgIpc) is 2.52. The van der Waals surface area contributed by atoms with Gasteiger partial charge in [-0.2, -0.15) is 0 Å². The fourth-order valence-corrected chi connectivity index (χ4v) is 4.38. The third kappa shape index (κ3) is 2.01. The average molecular weight is 309 g/mol. The highest BCUT2D eigenvalue weighted by atomic mass is 16.5. The lowest BCUT2D eigenvalue weighted by Crippen LogP contribution is -2.66. The number of fused-ring (bicyclic) bond motifs is 3. The second-order valence-corrected chi connectivity index (χ2v) is 7.64. The van der Waals surface area contributed by atoms with Crippen molar-refractivity contribution in [2.45, 2.75) is 32.9 Å². The maximum Gasteiger partial charge on any atom is 0.204 e. The summed E-state index contributed by atoms with van der Waals surface area (Å²) in [5.41, 5.74) is 0.399. The zero-order chi connectivity index (χ0) is 16.2. The van der Waals surface area contributed by atoms with Crippen LogP contribution in [0, 0.1) is 11.3 Å². The van der Waals surface area contributed by atoms with Gasteiger partial charge in [0.05, 0.1) is 6.21 Å². The van der Waals surface area contributed by atoms with E-state index in [9.17, 15) is 0 Å². The minimum Gasteiger partial charge on any atom is -0.464 e. The Labute approximate surface area is 137 Å². The minimum absolute atomic E-state index is 0.00942. The normalized spacial score (nSPS) is 29.5. The Bertz CT molecular complexity index is 798. The highest BCUT2D eigenvalue weighted by molar-refractivity contribution is 5.97. The van der Waals surface area contributed by atoms with Crippen LogP contribution in [0.25, 0.3) is 10.8 Å². The van der Waals surface area contributed by atoms with E-state index in [1.54, 1.807) is 0 Å². The van der Waals surface area contributed by atoms with Crippen molar-refractivity contribution < 1.29 is 4.74 Å². The summed E-state index contributed by atoms with van der Waals surface area (Å²) in [5, 5.41) is 2.18. The molecule has 0 radical (unpaired) electrons. The van der Waals surface area contributed by atoms with E-state index in [0.29, 0.717) is 5.92 Å². The maximum absolute atomic E-state index is 6.59. The lowest BCUT2D eigenvalue weighted by Gasteiger charge is -2.55. The molecular weight excluding hydrogens is 286 g/mol. The summed E-state index contributed by atoms with van der Waals surface area (Å²) in [4.78, 5) is 11.4. The van der Waals surface area contributed by atoms with Crippen LogP contribution in [0.15, 0.2) is 35.6 Å². The van der Waals surface area contributed by atoms with Crippen molar-refractivity contribution in [3.8, 4) is 5.75 Å². The van der Waals surface area contributed by atoms with Crippen LogP contribution in [-0.2, 0) is 0 Å². The largest absolute Gasteiger partial charge is 0.464 e. The Balaban J connectivity index is 1.85. The smallest absolute Gasteiger partial charge is 0.204 e. The molecule has 2 atom stereocenters. The third-order valence-corrected chi connectivity index (χ3v) is 5.37. The van der Waals surface area contributed by atoms with Crippen LogP contribution in [0.3, 0.4) is 0 Å². The summed E-state index contributed by atoms with van der Waals surface area (Å²) < 4.78 is 6.59. The summed E-state index contributed by atoms with van der Waals surface area (Å²) >= 11 is 0. The molecular formula is C19H23N3O. The van der Waals surface area contributed by atoms with Gasteiger partial charge in [-0.3, -0.25) is 14.9 Å². The molecule has 4 rings (SSSR count). The van der Waals surface area contributed by atoms with E-state index < -0.39 is 5.72 Å². The number of likely N-dealkylation sites (tertiary alicyclic amines) is 1. The van der Waals surface area contributed by atoms with Gasteiger partial charge in [-0.05, 0) is 36.9 Å². The summed E-state index contributed by atoms with van der Waals surface area (Å²) in [6, 6.07) is 6.13. The first-order chi connectivity index (χ1) is 10.9. The number of aliphatic imine (C=N–C) groups is 1. The molecule has 4 nitrogen and oxygen atoms in total. The zero-order valence-electron chi connectivity index (χ0n) is 14.2. The first-order valence-electron chi connectivity index (χ1n) is 8.25. The molecule has 2 aromatic rings. The molecule has 3 heterocycles. The molecule has 2 aliphatic rings. The zero-order valence-corrected chi connectivity index (χ0v) is 14.2. The van der Waals surface area contributed by atoms with Crippen molar-refractivity contribution in [3.05, 3.63) is 30.6 Å². The quantitative estimate of drug-likeness (QED) is 0.737. The molecule has 120 valence electrons. The molecule has 0 aliphatic carbocycles. The SMILES string of the molecule is CC1CN(C)C2(C=Nc3c(ccc4ccncc34)O2)C(C)(C)C1. The number of pyridine rings is 1. The van der Waals surface area contributed by atoms with Crippen LogP contribution in [0.1, 0.15) is 27.2 Å². The van der Waals surface area contributed by atoms with E-state index in [0.717, 1.165) is 35.2 Å². The number of piperidine rings is 1. The van der Waals surface area contributed by atoms with Gasteiger partial charge in [-0.1, -0.05) is 26.8 Å². The van der Waals surface area contributed by atoms with Gasteiger partial charge in [0.1, 0.15) is 11.4 Å². The number of benzene rings is 1. The van der Waals surface area contributed by atoms with Crippen molar-refractivity contribution >= 4 is 22.7 Å². The topological polar surface area (TPSA) is 37.7 Å². The maximum atomic E-state index is 6.59. The molecule has 2 aliphatic heterocycles. The Morgan fingerprint density at radius 1 is 1.26 bits per heavy atom. The van der Waals surface area contributed by atoms with Gasteiger partial charge < -0.3 is 4.74 Å². The van der Waals surface area contributed by atoms with Crippen LogP contribution in [0.4, 0.5) is 5.69 Å². The highest BCUT2D eigenvalue weighted by Crippen LogP contribution is 2.50. The van der Waals surface area contributed by atoms with Gasteiger partial charge >= 0.3 is 0 Å². The Kier molecular flexibility index (Phi) is 3.04. The number of rotatable bonds is 0. The van der Waals surface area contributed by atoms with E-state index in [-0.39, 0.29) is 5.41 Å². The van der Waals surface area contributed by atoms with E-state index in [1.807, 2.05) is 30.7 Å². The fraction of sp³-hybridized carbons (Fsp3) is 0.474. The highest BCUT2D eigenvalue weighted by Gasteiger charge is 2.54. The first-order valence-corrected chi connectivity index (χ1v) is 8.25. The summed E-state index contributed by atoms with van der Waals surface area (Å²) in [6.07, 6.45) is 6.80. The van der Waals surface area contributed by atoms with Crippen LogP contribution in [0.5, 0.6) is 5.75 Å². The van der Waals surface area contributed by atoms with Crippen molar-refractivity contribution in [2.24, 2.45) is 16.3 Å². The van der Waals surface area contributed by atoms with E-state index in [1.165, 1.54) is 0 Å². The second kappa shape index (κ2) is 4.78. The van der Waals surface area contributed by atoms with Gasteiger partial charge in [0.15, 0.2) is 0 Å². The fourth-order valence-electron chi connectivity index (χ4n) is 4.38. The Hall–Kier alpha value is -1.94. The summed E-state index contributed by atoms with van der Waals surface area (Å²) in [6.45, 7) is 7.87. The van der Waals surface area contributed by atoms with E-state index in [4.69, 9.17) is 9.73 Å². The molecule has 2 unspecified atom stereocenters. The Morgan fingerprint density at radius 2 is 2.09 bits per heavy atom. The van der Waals surface area contributed by atoms with Gasteiger partial charge in [0.2, 0.25) is 5.72 Å². The molecule has 4 heteroatoms. The first kappa shape index (κ1) is 14.6. The molecule has 0 bridgehead atoms. The minimum atomic E-state index is -0.484. The summed E-state index contributed by atoms with van der Waals surface area (Å²) in [7, 11) is 2.14. The van der Waals surface area contributed by atoms with Crippen molar-refractivity contribution in [1.29, 1.82) is 0 Å². The molecule has 0 saturated carbocycles. The molecule has 0 N–H and O–H groups in total. The van der Waals surface area contributed by atoms with Crippen LogP contribution in [-0.4, -0.2) is 35.4 Å². The standard InChI is InChI=1S/C19H23N3O/c1-13-9-18(2,3)19(22(4)11-13)12-21-17-15-10-20-8-7-14(15)5-6-16(17)23-19/h5-8,10,12-13H,9,11H2,1-4H3. The van der Waals surface area contributed by atoms with Crippen molar-refractivity contribution in [2.75, 3.05) is 13.6 Å². The van der Waals surface area contributed by atoms with Crippen molar-refractivity contribution in [3.63, 3.8) is 0 Å².